The van der Waals surface area contributed by atoms with Crippen molar-refractivity contribution < 1.29 is 31.1 Å². The number of aryl methyl sites for hydroxylation is 2. The third-order valence-electron chi connectivity index (χ3n) is 4.38. The minimum absolute atomic E-state index is 0.347. The largest absolute Gasteiger partial charge is 0.573 e. The average Bonchev–Trinajstić information content (AvgIpc) is 3.01. The number of amides is 1. The van der Waals surface area contributed by atoms with Gasteiger partial charge >= 0.3 is 6.36 Å². The van der Waals surface area contributed by atoms with Crippen LogP contribution in [0.2, 0.25) is 0 Å². The molecule has 2 N–H and O–H groups in total. The molecular formula is C18H19F3N2O4S2. The van der Waals surface area contributed by atoms with Crippen LogP contribution < -0.4 is 15.0 Å². The van der Waals surface area contributed by atoms with E-state index in [2.05, 4.69) is 10.2 Å². The van der Waals surface area contributed by atoms with E-state index in [9.17, 15) is 26.4 Å². The number of hydrogen-bond acceptors (Lipinski definition) is 5. The van der Waals surface area contributed by atoms with E-state index in [1.807, 2.05) is 4.83 Å². The van der Waals surface area contributed by atoms with Gasteiger partial charge in [-0.05, 0) is 49.4 Å². The van der Waals surface area contributed by atoms with Gasteiger partial charge in [-0.1, -0.05) is 25.0 Å². The lowest BCUT2D eigenvalue weighted by atomic mass is 10.00. The number of nitrogens with one attached hydrogen (secondary N) is 2. The molecule has 0 saturated carbocycles. The SMILES string of the molecule is O=C(NNS(=O)(=O)c1ccccc1OC(F)(F)F)c1cc2c(s1)CCCCCC2. The Bertz CT molecular complexity index is 962. The van der Waals surface area contributed by atoms with Gasteiger partial charge in [0, 0.05) is 4.88 Å². The van der Waals surface area contributed by atoms with Crippen LogP contribution in [0.15, 0.2) is 35.2 Å². The van der Waals surface area contributed by atoms with Crippen LogP contribution in [-0.4, -0.2) is 20.7 Å². The molecule has 1 aromatic carbocycles. The summed E-state index contributed by atoms with van der Waals surface area (Å²) in [5.74, 6) is -1.56. The number of para-hydroxylation sites is 1. The first-order chi connectivity index (χ1) is 13.7. The number of benzene rings is 1. The number of hydrogen-bond donors (Lipinski definition) is 2. The topological polar surface area (TPSA) is 84.5 Å². The Kier molecular flexibility index (Phi) is 6.49. The molecule has 0 atom stereocenters. The van der Waals surface area contributed by atoms with Crippen LogP contribution in [0.3, 0.4) is 0 Å². The van der Waals surface area contributed by atoms with Crippen molar-refractivity contribution in [3.63, 3.8) is 0 Å². The van der Waals surface area contributed by atoms with Crippen molar-refractivity contribution in [3.8, 4) is 5.75 Å². The summed E-state index contributed by atoms with van der Waals surface area (Å²) in [6.45, 7) is 0. The molecule has 1 heterocycles. The Labute approximate surface area is 170 Å². The Morgan fingerprint density at radius 1 is 1.07 bits per heavy atom. The molecule has 0 bridgehead atoms. The van der Waals surface area contributed by atoms with Crippen molar-refractivity contribution in [3.05, 3.63) is 45.6 Å². The van der Waals surface area contributed by atoms with Gasteiger partial charge in [-0.15, -0.1) is 29.3 Å². The average molecular weight is 448 g/mol. The second kappa shape index (κ2) is 8.72. The van der Waals surface area contributed by atoms with E-state index in [1.165, 1.54) is 23.5 Å². The minimum atomic E-state index is -5.05. The summed E-state index contributed by atoms with van der Waals surface area (Å²) in [7, 11) is -4.48. The van der Waals surface area contributed by atoms with E-state index < -0.39 is 32.9 Å². The number of alkyl halides is 3. The van der Waals surface area contributed by atoms with Crippen molar-refractivity contribution >= 4 is 27.3 Å². The molecule has 29 heavy (non-hydrogen) atoms. The number of sulfonamides is 1. The monoisotopic (exact) mass is 448 g/mol. The summed E-state index contributed by atoms with van der Waals surface area (Å²) in [6, 6.07) is 6.03. The van der Waals surface area contributed by atoms with Crippen LogP contribution in [0.1, 0.15) is 45.8 Å². The van der Waals surface area contributed by atoms with Crippen LogP contribution in [0, 0.1) is 0 Å². The molecule has 0 saturated heterocycles. The zero-order valence-corrected chi connectivity index (χ0v) is 16.8. The maximum absolute atomic E-state index is 12.5. The molecular weight excluding hydrogens is 429 g/mol. The summed E-state index contributed by atoms with van der Waals surface area (Å²) in [5, 5.41) is 0. The molecule has 11 heteroatoms. The minimum Gasteiger partial charge on any atom is -0.404 e. The van der Waals surface area contributed by atoms with Gasteiger partial charge in [-0.25, -0.2) is 8.42 Å². The number of rotatable bonds is 5. The standard InChI is InChI=1S/C18H19F3N2O4S2/c19-18(20,21)27-13-8-5-6-10-16(13)29(25,26)23-22-17(24)15-11-12-7-3-1-2-4-9-14(12)28-15/h5-6,8,10-11,23H,1-4,7,9H2,(H,22,24). The van der Waals surface area contributed by atoms with E-state index in [4.69, 9.17) is 0 Å². The van der Waals surface area contributed by atoms with E-state index in [0.717, 1.165) is 61.1 Å². The van der Waals surface area contributed by atoms with Crippen molar-refractivity contribution in [2.24, 2.45) is 0 Å². The number of hydrazine groups is 1. The number of carbonyl (C=O) groups is 1. The number of ether oxygens (including phenoxy) is 1. The number of carbonyl (C=O) groups excluding carboxylic acids is 1. The van der Waals surface area contributed by atoms with Crippen LogP contribution in [0.5, 0.6) is 5.75 Å². The highest BCUT2D eigenvalue weighted by molar-refractivity contribution is 7.89. The van der Waals surface area contributed by atoms with Gasteiger partial charge < -0.3 is 4.74 Å². The van der Waals surface area contributed by atoms with Crippen molar-refractivity contribution in [1.29, 1.82) is 0 Å². The van der Waals surface area contributed by atoms with Gasteiger partial charge in [-0.2, -0.15) is 0 Å². The predicted molar refractivity (Wildman–Crippen MR) is 101 cm³/mol. The predicted octanol–water partition coefficient (Wildman–Crippen LogP) is 3.93. The van der Waals surface area contributed by atoms with Gasteiger partial charge in [0.25, 0.3) is 15.9 Å². The van der Waals surface area contributed by atoms with Crippen LogP contribution >= 0.6 is 11.3 Å². The zero-order valence-electron chi connectivity index (χ0n) is 15.2. The fraction of sp³-hybridized carbons (Fsp3) is 0.389. The Morgan fingerprint density at radius 2 is 1.76 bits per heavy atom. The highest BCUT2D eigenvalue weighted by Crippen LogP contribution is 2.30. The molecule has 0 fully saturated rings. The normalized spacial score (nSPS) is 15.1. The second-order valence-corrected chi connectivity index (χ2v) is 9.32. The Morgan fingerprint density at radius 3 is 2.48 bits per heavy atom. The molecule has 0 aliphatic heterocycles. The smallest absolute Gasteiger partial charge is 0.404 e. The van der Waals surface area contributed by atoms with Gasteiger partial charge in [-0.3, -0.25) is 10.2 Å². The number of thiophene rings is 1. The van der Waals surface area contributed by atoms with Crippen molar-refractivity contribution in [2.75, 3.05) is 0 Å². The molecule has 6 nitrogen and oxygen atoms in total. The van der Waals surface area contributed by atoms with Gasteiger partial charge in [0.05, 0.1) is 4.88 Å². The lowest BCUT2D eigenvalue weighted by molar-refractivity contribution is -0.275. The molecule has 1 aromatic heterocycles. The first-order valence-corrected chi connectivity index (χ1v) is 11.2. The maximum atomic E-state index is 12.5. The van der Waals surface area contributed by atoms with Gasteiger partial charge in [0.15, 0.2) is 0 Å². The third-order valence-corrected chi connectivity index (χ3v) is 6.91. The summed E-state index contributed by atoms with van der Waals surface area (Å²) in [5.41, 5.74) is 3.15. The van der Waals surface area contributed by atoms with E-state index in [-0.39, 0.29) is 0 Å². The highest BCUT2D eigenvalue weighted by Gasteiger charge is 2.34. The number of fused-ring (bicyclic) bond motifs is 1. The summed E-state index contributed by atoms with van der Waals surface area (Å²) >= 11 is 1.30. The van der Waals surface area contributed by atoms with Gasteiger partial charge in [0.1, 0.15) is 10.6 Å². The fourth-order valence-electron chi connectivity index (χ4n) is 3.07. The Hall–Kier alpha value is -2.11. The Balaban J connectivity index is 1.73. The highest BCUT2D eigenvalue weighted by atomic mass is 32.2. The van der Waals surface area contributed by atoms with Crippen LogP contribution in [0.25, 0.3) is 0 Å². The summed E-state index contributed by atoms with van der Waals surface area (Å²) in [6.07, 6.45) is 1.04. The molecule has 1 amide bonds. The van der Waals surface area contributed by atoms with E-state index >= 15 is 0 Å². The molecule has 0 radical (unpaired) electrons. The second-order valence-electron chi connectivity index (χ2n) is 6.53. The third kappa shape index (κ3) is 5.71. The lowest BCUT2D eigenvalue weighted by Crippen LogP contribution is -2.41. The fourth-order valence-corrected chi connectivity index (χ4v) is 5.19. The summed E-state index contributed by atoms with van der Waals surface area (Å²) in [4.78, 5) is 14.9. The summed E-state index contributed by atoms with van der Waals surface area (Å²) < 4.78 is 66.1. The quantitative estimate of drug-likeness (QED) is 0.679. The first kappa shape index (κ1) is 21.6. The first-order valence-electron chi connectivity index (χ1n) is 8.94. The molecule has 1 aliphatic carbocycles. The maximum Gasteiger partial charge on any atom is 0.573 e. The van der Waals surface area contributed by atoms with Gasteiger partial charge in [0.2, 0.25) is 0 Å². The molecule has 0 spiro atoms. The van der Waals surface area contributed by atoms with Crippen LogP contribution in [-0.2, 0) is 22.9 Å². The van der Waals surface area contributed by atoms with E-state index in [0.29, 0.717) is 4.88 Å². The molecule has 158 valence electrons. The molecule has 2 aromatic rings. The zero-order chi connectivity index (χ0) is 21.1. The number of halogens is 3. The van der Waals surface area contributed by atoms with Crippen molar-refractivity contribution in [1.82, 2.24) is 10.3 Å². The molecule has 1 aliphatic rings. The molecule has 0 unspecified atom stereocenters. The van der Waals surface area contributed by atoms with Crippen molar-refractivity contribution in [2.45, 2.75) is 49.8 Å². The van der Waals surface area contributed by atoms with E-state index in [1.54, 1.807) is 6.07 Å². The molecule has 3 rings (SSSR count). The lowest BCUT2D eigenvalue weighted by Gasteiger charge is -2.14. The van der Waals surface area contributed by atoms with Crippen LogP contribution in [0.4, 0.5) is 13.2 Å².